The number of amides is 1. The van der Waals surface area contributed by atoms with E-state index in [0.29, 0.717) is 18.4 Å². The number of rotatable bonds is 7. The molecule has 1 aliphatic carbocycles. The molecule has 0 unspecified atom stereocenters. The van der Waals surface area contributed by atoms with E-state index < -0.39 is 0 Å². The molecule has 1 amide bonds. The maximum absolute atomic E-state index is 12.3. The first kappa shape index (κ1) is 14.6. The lowest BCUT2D eigenvalue weighted by Gasteiger charge is -2.37. The highest BCUT2D eigenvalue weighted by molar-refractivity contribution is 9.09. The molecule has 0 spiro atoms. The Hall–Kier alpha value is -0.830. The van der Waals surface area contributed by atoms with E-state index in [1.165, 1.54) is 24.8 Å². The molecule has 1 aromatic carbocycles. The fourth-order valence-corrected chi connectivity index (χ4v) is 2.91. The second-order valence-electron chi connectivity index (χ2n) is 5.20. The molecule has 1 aliphatic rings. The Balaban J connectivity index is 1.75. The Morgan fingerprint density at radius 3 is 2.58 bits per heavy atom. The van der Waals surface area contributed by atoms with Crippen LogP contribution in [0.15, 0.2) is 30.3 Å². The van der Waals surface area contributed by atoms with E-state index in [4.69, 9.17) is 0 Å². The number of hydrogen-bond acceptors (Lipinski definition) is 1. The van der Waals surface area contributed by atoms with Gasteiger partial charge in [-0.05, 0) is 37.7 Å². The van der Waals surface area contributed by atoms with Gasteiger partial charge in [0.05, 0.1) is 0 Å². The third kappa shape index (κ3) is 4.34. The molecular weight excluding hydrogens is 302 g/mol. The summed E-state index contributed by atoms with van der Waals surface area (Å²) in [6.07, 6.45) is 6.29. The van der Waals surface area contributed by atoms with Crippen LogP contribution in [-0.2, 0) is 11.2 Å². The number of carbonyl (C=O) groups excluding carboxylic acids is 1. The number of hydrogen-bond donors (Lipinski definition) is 0. The van der Waals surface area contributed by atoms with Gasteiger partial charge in [0.1, 0.15) is 0 Å². The molecule has 19 heavy (non-hydrogen) atoms. The molecule has 104 valence electrons. The molecule has 0 N–H and O–H groups in total. The molecule has 0 aliphatic heterocycles. The SMILES string of the molecule is O=C(CCCc1ccccc1)N(CCBr)C1CCC1. The second-order valence-corrected chi connectivity index (χ2v) is 5.99. The Kier molecular flexibility index (Phi) is 5.90. The third-order valence-corrected chi connectivity index (χ3v) is 4.21. The van der Waals surface area contributed by atoms with Gasteiger partial charge in [-0.1, -0.05) is 46.3 Å². The van der Waals surface area contributed by atoms with Gasteiger partial charge in [-0.2, -0.15) is 0 Å². The highest BCUT2D eigenvalue weighted by Crippen LogP contribution is 2.25. The van der Waals surface area contributed by atoms with E-state index in [2.05, 4.69) is 45.1 Å². The van der Waals surface area contributed by atoms with Crippen molar-refractivity contribution in [2.75, 3.05) is 11.9 Å². The van der Waals surface area contributed by atoms with Crippen molar-refractivity contribution in [1.29, 1.82) is 0 Å². The quantitative estimate of drug-likeness (QED) is 0.699. The summed E-state index contributed by atoms with van der Waals surface area (Å²) in [5.74, 6) is 0.333. The topological polar surface area (TPSA) is 20.3 Å². The minimum atomic E-state index is 0.333. The normalized spacial score (nSPS) is 15.0. The maximum atomic E-state index is 12.3. The van der Waals surface area contributed by atoms with Crippen LogP contribution in [0.5, 0.6) is 0 Å². The number of benzene rings is 1. The van der Waals surface area contributed by atoms with Gasteiger partial charge in [0.25, 0.3) is 0 Å². The number of halogens is 1. The average Bonchev–Trinajstić information content (AvgIpc) is 2.37. The van der Waals surface area contributed by atoms with Gasteiger partial charge in [-0.3, -0.25) is 4.79 Å². The van der Waals surface area contributed by atoms with Gasteiger partial charge in [0.2, 0.25) is 5.91 Å². The zero-order valence-corrected chi connectivity index (χ0v) is 12.9. The molecule has 1 aromatic rings. The van der Waals surface area contributed by atoms with E-state index in [9.17, 15) is 4.79 Å². The highest BCUT2D eigenvalue weighted by Gasteiger charge is 2.27. The highest BCUT2D eigenvalue weighted by atomic mass is 79.9. The lowest BCUT2D eigenvalue weighted by atomic mass is 9.91. The van der Waals surface area contributed by atoms with Crippen LogP contribution < -0.4 is 0 Å². The smallest absolute Gasteiger partial charge is 0.222 e. The third-order valence-electron chi connectivity index (χ3n) is 3.86. The predicted molar refractivity (Wildman–Crippen MR) is 82.5 cm³/mol. The van der Waals surface area contributed by atoms with Crippen molar-refractivity contribution in [2.45, 2.75) is 44.6 Å². The summed E-state index contributed by atoms with van der Waals surface area (Å²) in [6, 6.07) is 10.9. The van der Waals surface area contributed by atoms with Crippen molar-refractivity contribution < 1.29 is 4.79 Å². The lowest BCUT2D eigenvalue weighted by Crippen LogP contribution is -2.45. The Morgan fingerprint density at radius 1 is 1.26 bits per heavy atom. The Bertz CT molecular complexity index is 389. The van der Waals surface area contributed by atoms with Crippen LogP contribution in [0.1, 0.15) is 37.7 Å². The number of carbonyl (C=O) groups is 1. The van der Waals surface area contributed by atoms with Crippen LogP contribution in [0.2, 0.25) is 0 Å². The molecule has 1 saturated carbocycles. The summed E-state index contributed by atoms with van der Waals surface area (Å²) in [5.41, 5.74) is 1.32. The van der Waals surface area contributed by atoms with Gasteiger partial charge in [0.15, 0.2) is 0 Å². The predicted octanol–water partition coefficient (Wildman–Crippen LogP) is 3.79. The minimum absolute atomic E-state index is 0.333. The lowest BCUT2D eigenvalue weighted by molar-refractivity contribution is -0.134. The summed E-state index contributed by atoms with van der Waals surface area (Å²) in [5, 5.41) is 0.883. The monoisotopic (exact) mass is 323 g/mol. The fourth-order valence-electron chi connectivity index (χ4n) is 2.53. The van der Waals surface area contributed by atoms with E-state index in [0.717, 1.165) is 24.7 Å². The first-order valence-corrected chi connectivity index (χ1v) is 8.33. The van der Waals surface area contributed by atoms with E-state index in [1.54, 1.807) is 0 Å². The molecule has 0 heterocycles. The summed E-state index contributed by atoms with van der Waals surface area (Å²) in [7, 11) is 0. The zero-order valence-electron chi connectivity index (χ0n) is 11.4. The van der Waals surface area contributed by atoms with Crippen LogP contribution in [0, 0.1) is 0 Å². The Labute approximate surface area is 124 Å². The molecule has 1 fully saturated rings. The zero-order chi connectivity index (χ0) is 13.5. The average molecular weight is 324 g/mol. The van der Waals surface area contributed by atoms with Gasteiger partial charge in [0, 0.05) is 24.3 Å². The van der Waals surface area contributed by atoms with Crippen molar-refractivity contribution in [2.24, 2.45) is 0 Å². The first-order valence-electron chi connectivity index (χ1n) is 7.20. The molecule has 0 radical (unpaired) electrons. The number of nitrogens with zero attached hydrogens (tertiary/aromatic N) is 1. The van der Waals surface area contributed by atoms with E-state index >= 15 is 0 Å². The first-order chi connectivity index (χ1) is 9.31. The molecule has 0 aromatic heterocycles. The van der Waals surface area contributed by atoms with Crippen molar-refractivity contribution >= 4 is 21.8 Å². The van der Waals surface area contributed by atoms with E-state index in [-0.39, 0.29) is 0 Å². The minimum Gasteiger partial charge on any atom is -0.339 e. The molecule has 0 bridgehead atoms. The summed E-state index contributed by atoms with van der Waals surface area (Å²) in [6.45, 7) is 0.856. The van der Waals surface area contributed by atoms with Crippen molar-refractivity contribution in [3.05, 3.63) is 35.9 Å². The van der Waals surface area contributed by atoms with Crippen LogP contribution in [0.25, 0.3) is 0 Å². The molecule has 0 saturated heterocycles. The summed E-state index contributed by atoms with van der Waals surface area (Å²) in [4.78, 5) is 14.3. The standard InChI is InChI=1S/C16H22BrNO/c17-12-13-18(15-9-5-10-15)16(19)11-4-8-14-6-2-1-3-7-14/h1-3,6-7,15H,4-5,8-13H2. The summed E-state index contributed by atoms with van der Waals surface area (Å²) < 4.78 is 0. The van der Waals surface area contributed by atoms with Gasteiger partial charge in [-0.15, -0.1) is 0 Å². The van der Waals surface area contributed by atoms with Crippen LogP contribution in [0.3, 0.4) is 0 Å². The largest absolute Gasteiger partial charge is 0.339 e. The summed E-state index contributed by atoms with van der Waals surface area (Å²) >= 11 is 3.45. The van der Waals surface area contributed by atoms with Gasteiger partial charge in [-0.25, -0.2) is 0 Å². The van der Waals surface area contributed by atoms with Crippen molar-refractivity contribution in [1.82, 2.24) is 4.90 Å². The van der Waals surface area contributed by atoms with Crippen LogP contribution in [-0.4, -0.2) is 28.7 Å². The van der Waals surface area contributed by atoms with Crippen LogP contribution in [0.4, 0.5) is 0 Å². The maximum Gasteiger partial charge on any atom is 0.222 e. The molecule has 0 atom stereocenters. The van der Waals surface area contributed by atoms with Crippen molar-refractivity contribution in [3.8, 4) is 0 Å². The fraction of sp³-hybridized carbons (Fsp3) is 0.562. The Morgan fingerprint density at radius 2 is 2.00 bits per heavy atom. The van der Waals surface area contributed by atoms with Crippen LogP contribution >= 0.6 is 15.9 Å². The van der Waals surface area contributed by atoms with Gasteiger partial charge < -0.3 is 4.90 Å². The van der Waals surface area contributed by atoms with E-state index in [1.807, 2.05) is 6.07 Å². The van der Waals surface area contributed by atoms with Gasteiger partial charge >= 0.3 is 0 Å². The molecule has 2 rings (SSSR count). The molecule has 3 heteroatoms. The second kappa shape index (κ2) is 7.68. The van der Waals surface area contributed by atoms with Crippen molar-refractivity contribution in [3.63, 3.8) is 0 Å². The molecular formula is C16H22BrNO. The number of aryl methyl sites for hydroxylation is 1. The molecule has 2 nitrogen and oxygen atoms in total. The number of alkyl halides is 1.